The van der Waals surface area contributed by atoms with E-state index in [2.05, 4.69) is 15.2 Å². The third kappa shape index (κ3) is 3.89. The summed E-state index contributed by atoms with van der Waals surface area (Å²) in [6, 6.07) is 1.04. The monoisotopic (exact) mass is 341 g/mol. The third-order valence-corrected chi connectivity index (χ3v) is 7.60. The van der Waals surface area contributed by atoms with Crippen LogP contribution in [0.2, 0.25) is 0 Å². The zero-order chi connectivity index (χ0) is 15.4. The molecule has 4 nitrogen and oxygen atoms in total. The maximum absolute atomic E-state index is 12.3. The van der Waals surface area contributed by atoms with Crippen molar-refractivity contribution in [3.63, 3.8) is 0 Å². The highest BCUT2D eigenvalue weighted by molar-refractivity contribution is 7.85. The van der Waals surface area contributed by atoms with Gasteiger partial charge in [0.05, 0.1) is 5.25 Å². The first-order chi connectivity index (χ1) is 10.8. The lowest BCUT2D eigenvalue weighted by Gasteiger charge is -2.38. The highest BCUT2D eigenvalue weighted by Gasteiger charge is 2.31. The van der Waals surface area contributed by atoms with Gasteiger partial charge in [-0.2, -0.15) is 0 Å². The van der Waals surface area contributed by atoms with Crippen LogP contribution >= 0.6 is 11.3 Å². The van der Waals surface area contributed by atoms with E-state index < -0.39 is 10.8 Å². The van der Waals surface area contributed by atoms with Gasteiger partial charge >= 0.3 is 0 Å². The van der Waals surface area contributed by atoms with Crippen molar-refractivity contribution in [2.75, 3.05) is 23.7 Å². The molecule has 2 aliphatic rings. The van der Waals surface area contributed by atoms with E-state index in [9.17, 15) is 4.21 Å². The SMILES string of the molecule is CC[S@@](=O)[C@@H]1CCCC[C@@H]1NC1CCN(c2nccs2)CC1. The molecule has 0 unspecified atom stereocenters. The van der Waals surface area contributed by atoms with Crippen LogP contribution in [0, 0.1) is 0 Å². The van der Waals surface area contributed by atoms with Gasteiger partial charge in [-0.15, -0.1) is 11.3 Å². The molecular formula is C16H27N3OS2. The van der Waals surface area contributed by atoms with Gasteiger partial charge in [0.2, 0.25) is 0 Å². The molecule has 3 atom stereocenters. The van der Waals surface area contributed by atoms with E-state index in [0.29, 0.717) is 17.3 Å². The van der Waals surface area contributed by atoms with Crippen LogP contribution in [0.15, 0.2) is 11.6 Å². The summed E-state index contributed by atoms with van der Waals surface area (Å²) >= 11 is 1.73. The minimum absolute atomic E-state index is 0.371. The fourth-order valence-electron chi connectivity index (χ4n) is 3.73. The number of hydrogen-bond acceptors (Lipinski definition) is 5. The molecule has 124 valence electrons. The number of thiazole rings is 1. The highest BCUT2D eigenvalue weighted by atomic mass is 32.2. The largest absolute Gasteiger partial charge is 0.348 e. The number of nitrogens with one attached hydrogen (secondary N) is 1. The van der Waals surface area contributed by atoms with Gasteiger partial charge in [0.25, 0.3) is 0 Å². The van der Waals surface area contributed by atoms with Crippen molar-refractivity contribution < 1.29 is 4.21 Å². The Labute approximate surface area is 140 Å². The van der Waals surface area contributed by atoms with Crippen LogP contribution in [0.25, 0.3) is 0 Å². The number of nitrogens with zero attached hydrogens (tertiary/aromatic N) is 2. The molecule has 0 amide bonds. The van der Waals surface area contributed by atoms with E-state index in [1.165, 1.54) is 32.1 Å². The third-order valence-electron chi connectivity index (χ3n) is 4.96. The second-order valence-corrected chi connectivity index (χ2v) is 9.16. The fraction of sp³-hybridized carbons (Fsp3) is 0.812. The van der Waals surface area contributed by atoms with Crippen LogP contribution < -0.4 is 10.2 Å². The maximum atomic E-state index is 12.3. The minimum atomic E-state index is -0.660. The highest BCUT2D eigenvalue weighted by Crippen LogP contribution is 2.26. The number of hydrogen-bond donors (Lipinski definition) is 1. The van der Waals surface area contributed by atoms with Crippen molar-refractivity contribution in [3.8, 4) is 0 Å². The maximum Gasteiger partial charge on any atom is 0.185 e. The molecule has 0 radical (unpaired) electrons. The normalized spacial score (nSPS) is 28.7. The van der Waals surface area contributed by atoms with Crippen molar-refractivity contribution in [3.05, 3.63) is 11.6 Å². The Kier molecular flexibility index (Phi) is 5.88. The van der Waals surface area contributed by atoms with Gasteiger partial charge in [0.1, 0.15) is 0 Å². The number of aromatic nitrogens is 1. The minimum Gasteiger partial charge on any atom is -0.348 e. The van der Waals surface area contributed by atoms with E-state index in [0.717, 1.165) is 30.4 Å². The Bertz CT molecular complexity index is 472. The summed E-state index contributed by atoms with van der Waals surface area (Å²) in [5, 5.41) is 7.43. The van der Waals surface area contributed by atoms with Crippen molar-refractivity contribution >= 4 is 27.3 Å². The van der Waals surface area contributed by atoms with Gasteiger partial charge in [-0.1, -0.05) is 19.8 Å². The first-order valence-electron chi connectivity index (χ1n) is 8.55. The van der Waals surface area contributed by atoms with Crippen LogP contribution in [-0.2, 0) is 10.8 Å². The second-order valence-electron chi connectivity index (χ2n) is 6.34. The number of anilines is 1. The molecule has 6 heteroatoms. The molecule has 2 fully saturated rings. The average molecular weight is 342 g/mol. The Morgan fingerprint density at radius 3 is 2.77 bits per heavy atom. The molecule has 2 heterocycles. The van der Waals surface area contributed by atoms with E-state index in [1.807, 2.05) is 18.5 Å². The molecule has 1 saturated heterocycles. The molecule has 1 saturated carbocycles. The lowest BCUT2D eigenvalue weighted by atomic mass is 9.93. The summed E-state index contributed by atoms with van der Waals surface area (Å²) < 4.78 is 12.3. The molecule has 1 N–H and O–H groups in total. The lowest BCUT2D eigenvalue weighted by molar-refractivity contribution is 0.311. The van der Waals surface area contributed by atoms with Crippen molar-refractivity contribution in [1.29, 1.82) is 0 Å². The van der Waals surface area contributed by atoms with E-state index in [-0.39, 0.29) is 0 Å². The lowest BCUT2D eigenvalue weighted by Crippen LogP contribution is -2.52. The van der Waals surface area contributed by atoms with Gasteiger partial charge < -0.3 is 10.2 Å². The summed E-state index contributed by atoms with van der Waals surface area (Å²) in [6.07, 6.45) is 9.09. The molecule has 1 aliphatic heterocycles. The van der Waals surface area contributed by atoms with Gasteiger partial charge in [-0.25, -0.2) is 4.98 Å². The summed E-state index contributed by atoms with van der Waals surface area (Å²) in [5.41, 5.74) is 0. The van der Waals surface area contributed by atoms with Gasteiger partial charge in [-0.05, 0) is 25.7 Å². The standard InChI is InChI=1S/C16H27N3OS2/c1-2-22(20)15-6-4-3-5-14(15)18-13-7-10-19(11-8-13)16-17-9-12-21-16/h9,12-15,18H,2-8,10-11H2,1H3/t14-,15+,22+/m0/s1. The number of rotatable bonds is 5. The Morgan fingerprint density at radius 2 is 2.09 bits per heavy atom. The fourth-order valence-corrected chi connectivity index (χ4v) is 5.86. The van der Waals surface area contributed by atoms with Gasteiger partial charge in [0, 0.05) is 53.3 Å². The van der Waals surface area contributed by atoms with Crippen LogP contribution in [-0.4, -0.2) is 45.4 Å². The van der Waals surface area contributed by atoms with Crippen LogP contribution in [0.4, 0.5) is 5.13 Å². The summed E-state index contributed by atoms with van der Waals surface area (Å²) in [4.78, 5) is 6.81. The molecule has 1 aromatic rings. The topological polar surface area (TPSA) is 45.2 Å². The predicted molar refractivity (Wildman–Crippen MR) is 95.2 cm³/mol. The van der Waals surface area contributed by atoms with Gasteiger partial charge in [-0.3, -0.25) is 4.21 Å². The smallest absolute Gasteiger partial charge is 0.185 e. The van der Waals surface area contributed by atoms with E-state index >= 15 is 0 Å². The van der Waals surface area contributed by atoms with E-state index in [4.69, 9.17) is 0 Å². The average Bonchev–Trinajstić information content (AvgIpc) is 3.10. The zero-order valence-electron chi connectivity index (χ0n) is 13.4. The summed E-state index contributed by atoms with van der Waals surface area (Å²) in [7, 11) is -0.660. The summed E-state index contributed by atoms with van der Waals surface area (Å²) in [5.74, 6) is 0.797. The number of piperidine rings is 1. The molecule has 22 heavy (non-hydrogen) atoms. The molecule has 3 rings (SSSR count). The Hall–Kier alpha value is -0.460. The molecule has 1 aromatic heterocycles. The molecule has 1 aliphatic carbocycles. The summed E-state index contributed by atoms with van der Waals surface area (Å²) in [6.45, 7) is 4.22. The second kappa shape index (κ2) is 7.88. The van der Waals surface area contributed by atoms with Crippen LogP contribution in [0.3, 0.4) is 0 Å². The Morgan fingerprint density at radius 1 is 1.32 bits per heavy atom. The molecule has 0 spiro atoms. The van der Waals surface area contributed by atoms with Gasteiger partial charge in [0.15, 0.2) is 5.13 Å². The molecular weight excluding hydrogens is 314 g/mol. The van der Waals surface area contributed by atoms with Crippen LogP contribution in [0.1, 0.15) is 45.4 Å². The quantitative estimate of drug-likeness (QED) is 0.894. The van der Waals surface area contributed by atoms with Crippen molar-refractivity contribution in [2.45, 2.75) is 62.8 Å². The first kappa shape index (κ1) is 16.4. The van der Waals surface area contributed by atoms with Crippen LogP contribution in [0.5, 0.6) is 0 Å². The first-order valence-corrected chi connectivity index (χ1v) is 10.8. The van der Waals surface area contributed by atoms with Crippen molar-refractivity contribution in [2.24, 2.45) is 0 Å². The Balaban J connectivity index is 1.52. The van der Waals surface area contributed by atoms with Crippen molar-refractivity contribution in [1.82, 2.24) is 10.3 Å². The van der Waals surface area contributed by atoms with E-state index in [1.54, 1.807) is 11.3 Å². The predicted octanol–water partition coefficient (Wildman–Crippen LogP) is 2.78. The molecule has 0 aromatic carbocycles. The zero-order valence-corrected chi connectivity index (χ0v) is 15.0. The molecule has 0 bridgehead atoms.